The Balaban J connectivity index is 2.31. The molecule has 4 heteroatoms. The van der Waals surface area contributed by atoms with Crippen molar-refractivity contribution in [2.24, 2.45) is 11.7 Å². The second-order valence-corrected chi connectivity index (χ2v) is 5.69. The minimum atomic E-state index is 0.288. The van der Waals surface area contributed by atoms with Gasteiger partial charge in [0.05, 0.1) is 11.3 Å². The first kappa shape index (κ1) is 13.3. The lowest BCUT2D eigenvalue weighted by atomic mass is 9.94. The molecule has 0 aromatic heterocycles. The number of benzene rings is 1. The van der Waals surface area contributed by atoms with Crippen molar-refractivity contribution < 1.29 is 0 Å². The Kier molecular flexibility index (Phi) is 4.15. The van der Waals surface area contributed by atoms with E-state index in [4.69, 9.17) is 5.73 Å². The molecule has 0 spiro atoms. The van der Waals surface area contributed by atoms with E-state index >= 15 is 0 Å². The molecular weight excluding hydrogens is 242 g/mol. The average Bonchev–Trinajstić information content (AvgIpc) is 2.40. The third-order valence-electron chi connectivity index (χ3n) is 3.65. The lowest BCUT2D eigenvalue weighted by Crippen LogP contribution is -2.46. The molecule has 18 heavy (non-hydrogen) atoms. The number of nitriles is 1. The molecular formula is C14H19N3S. The zero-order valence-corrected chi connectivity index (χ0v) is 11.7. The molecule has 0 bridgehead atoms. The van der Waals surface area contributed by atoms with Gasteiger partial charge in [-0.2, -0.15) is 5.26 Å². The molecule has 3 nitrogen and oxygen atoms in total. The fraction of sp³-hybridized carbons (Fsp3) is 0.500. The van der Waals surface area contributed by atoms with Crippen LogP contribution in [0.25, 0.3) is 0 Å². The maximum Gasteiger partial charge on any atom is 0.103 e. The second-order valence-electron chi connectivity index (χ2n) is 4.84. The van der Waals surface area contributed by atoms with Crippen LogP contribution in [0.3, 0.4) is 0 Å². The first-order valence-corrected chi connectivity index (χ1v) is 7.47. The van der Waals surface area contributed by atoms with Gasteiger partial charge in [0, 0.05) is 24.0 Å². The molecule has 2 rings (SSSR count). The molecule has 1 aliphatic heterocycles. The third kappa shape index (κ3) is 2.47. The van der Waals surface area contributed by atoms with Gasteiger partial charge in [0.25, 0.3) is 0 Å². The predicted molar refractivity (Wildman–Crippen MR) is 76.9 cm³/mol. The Morgan fingerprint density at radius 2 is 2.28 bits per heavy atom. The number of nitrogens with zero attached hydrogens (tertiary/aromatic N) is 2. The molecule has 1 aromatic rings. The Hall–Kier alpha value is -1.18. The van der Waals surface area contributed by atoms with Crippen LogP contribution in [-0.4, -0.2) is 25.4 Å². The van der Waals surface area contributed by atoms with E-state index in [0.717, 1.165) is 35.7 Å². The molecule has 1 aromatic carbocycles. The highest BCUT2D eigenvalue weighted by Gasteiger charge is 2.25. The fourth-order valence-electron chi connectivity index (χ4n) is 2.45. The Morgan fingerprint density at radius 1 is 1.50 bits per heavy atom. The van der Waals surface area contributed by atoms with Crippen molar-refractivity contribution in [3.63, 3.8) is 0 Å². The van der Waals surface area contributed by atoms with Crippen LogP contribution in [0.15, 0.2) is 23.1 Å². The van der Waals surface area contributed by atoms with Crippen LogP contribution in [-0.2, 0) is 0 Å². The summed E-state index contributed by atoms with van der Waals surface area (Å²) in [6.45, 7) is 4.06. The highest BCUT2D eigenvalue weighted by atomic mass is 32.2. The van der Waals surface area contributed by atoms with Crippen LogP contribution in [0.1, 0.15) is 18.9 Å². The van der Waals surface area contributed by atoms with Crippen molar-refractivity contribution in [1.82, 2.24) is 0 Å². The number of rotatable bonds is 2. The summed E-state index contributed by atoms with van der Waals surface area (Å²) in [6, 6.07) is 8.71. The van der Waals surface area contributed by atoms with E-state index in [9.17, 15) is 5.26 Å². The molecule has 0 saturated carbocycles. The van der Waals surface area contributed by atoms with Gasteiger partial charge in [0.1, 0.15) is 6.07 Å². The molecule has 1 heterocycles. The van der Waals surface area contributed by atoms with Gasteiger partial charge >= 0.3 is 0 Å². The van der Waals surface area contributed by atoms with Crippen molar-refractivity contribution in [1.29, 1.82) is 5.26 Å². The molecule has 1 aliphatic rings. The summed E-state index contributed by atoms with van der Waals surface area (Å²) in [5.74, 6) is 0.475. The molecule has 0 radical (unpaired) electrons. The van der Waals surface area contributed by atoms with Crippen molar-refractivity contribution in [3.05, 3.63) is 23.8 Å². The largest absolute Gasteiger partial charge is 0.370 e. The SMILES string of the molecule is CSc1cccc(N2CCC(N)C(C)C2)c1C#N. The number of thioether (sulfide) groups is 1. The van der Waals surface area contributed by atoms with Gasteiger partial charge in [-0.3, -0.25) is 0 Å². The maximum atomic E-state index is 9.36. The maximum absolute atomic E-state index is 9.36. The normalized spacial score (nSPS) is 23.8. The zero-order valence-electron chi connectivity index (χ0n) is 10.9. The number of piperidine rings is 1. The van der Waals surface area contributed by atoms with Gasteiger partial charge in [-0.15, -0.1) is 11.8 Å². The topological polar surface area (TPSA) is 53.0 Å². The summed E-state index contributed by atoms with van der Waals surface area (Å²) in [7, 11) is 0. The molecule has 0 aliphatic carbocycles. The van der Waals surface area contributed by atoms with Crippen LogP contribution >= 0.6 is 11.8 Å². The van der Waals surface area contributed by atoms with E-state index < -0.39 is 0 Å². The van der Waals surface area contributed by atoms with E-state index in [1.807, 2.05) is 24.5 Å². The zero-order chi connectivity index (χ0) is 13.1. The summed E-state index contributed by atoms with van der Waals surface area (Å²) < 4.78 is 0. The van der Waals surface area contributed by atoms with Crippen molar-refractivity contribution in [2.45, 2.75) is 24.3 Å². The predicted octanol–water partition coefficient (Wildman–Crippen LogP) is 2.45. The van der Waals surface area contributed by atoms with Crippen LogP contribution in [0.2, 0.25) is 0 Å². The highest BCUT2D eigenvalue weighted by Crippen LogP contribution is 2.31. The summed E-state index contributed by atoms with van der Waals surface area (Å²) in [5.41, 5.74) is 7.91. The van der Waals surface area contributed by atoms with E-state index in [0.29, 0.717) is 5.92 Å². The van der Waals surface area contributed by atoms with Crippen LogP contribution in [0, 0.1) is 17.2 Å². The number of anilines is 1. The third-order valence-corrected chi connectivity index (χ3v) is 4.43. The summed E-state index contributed by atoms with van der Waals surface area (Å²) in [5, 5.41) is 9.36. The molecule has 0 amide bonds. The second kappa shape index (κ2) is 5.64. The van der Waals surface area contributed by atoms with Gasteiger partial charge in [0.15, 0.2) is 0 Å². The summed E-state index contributed by atoms with van der Waals surface area (Å²) in [6.07, 6.45) is 3.00. The van der Waals surface area contributed by atoms with Gasteiger partial charge in [-0.25, -0.2) is 0 Å². The standard InChI is InChI=1S/C14H19N3S/c1-10-9-17(7-6-12(10)16)13-4-3-5-14(18-2)11(13)8-15/h3-5,10,12H,6-7,9,16H2,1-2H3. The van der Waals surface area contributed by atoms with Crippen LogP contribution < -0.4 is 10.6 Å². The molecule has 2 N–H and O–H groups in total. The first-order chi connectivity index (χ1) is 8.67. The van der Waals surface area contributed by atoms with Gasteiger partial charge in [-0.1, -0.05) is 13.0 Å². The summed E-state index contributed by atoms with van der Waals surface area (Å²) in [4.78, 5) is 3.35. The average molecular weight is 261 g/mol. The Bertz CT molecular complexity index is 467. The lowest BCUT2D eigenvalue weighted by Gasteiger charge is -2.37. The summed E-state index contributed by atoms with van der Waals surface area (Å²) >= 11 is 1.63. The molecule has 96 valence electrons. The monoisotopic (exact) mass is 261 g/mol. The van der Waals surface area contributed by atoms with Gasteiger partial charge in [0.2, 0.25) is 0 Å². The smallest absolute Gasteiger partial charge is 0.103 e. The molecule has 1 fully saturated rings. The minimum Gasteiger partial charge on any atom is -0.370 e. The van der Waals surface area contributed by atoms with Gasteiger partial charge in [-0.05, 0) is 30.7 Å². The molecule has 2 unspecified atom stereocenters. The van der Waals surface area contributed by atoms with E-state index in [1.54, 1.807) is 11.8 Å². The number of hydrogen-bond acceptors (Lipinski definition) is 4. The highest BCUT2D eigenvalue weighted by molar-refractivity contribution is 7.98. The van der Waals surface area contributed by atoms with Crippen LogP contribution in [0.5, 0.6) is 0 Å². The quantitative estimate of drug-likeness (QED) is 0.831. The number of nitrogens with two attached hydrogens (primary N) is 1. The Labute approximate surface area is 113 Å². The molecule has 1 saturated heterocycles. The molecule has 2 atom stereocenters. The van der Waals surface area contributed by atoms with Crippen LogP contribution in [0.4, 0.5) is 5.69 Å². The van der Waals surface area contributed by atoms with E-state index in [-0.39, 0.29) is 6.04 Å². The van der Waals surface area contributed by atoms with Crippen molar-refractivity contribution in [3.8, 4) is 6.07 Å². The lowest BCUT2D eigenvalue weighted by molar-refractivity contribution is 0.382. The first-order valence-electron chi connectivity index (χ1n) is 6.25. The Morgan fingerprint density at radius 3 is 2.89 bits per heavy atom. The minimum absolute atomic E-state index is 0.288. The fourth-order valence-corrected chi connectivity index (χ4v) is 3.02. The van der Waals surface area contributed by atoms with E-state index in [2.05, 4.69) is 17.9 Å². The number of hydrogen-bond donors (Lipinski definition) is 1. The van der Waals surface area contributed by atoms with E-state index in [1.165, 1.54) is 0 Å². The van der Waals surface area contributed by atoms with Crippen molar-refractivity contribution >= 4 is 17.4 Å². The van der Waals surface area contributed by atoms with Gasteiger partial charge < -0.3 is 10.6 Å². The van der Waals surface area contributed by atoms with Crippen molar-refractivity contribution in [2.75, 3.05) is 24.2 Å².